The van der Waals surface area contributed by atoms with E-state index < -0.39 is 23.3 Å². The number of carbonyl (C=O) groups excluding carboxylic acids is 2. The molecular formula is C32H23FN2O5S. The van der Waals surface area contributed by atoms with E-state index in [0.717, 1.165) is 4.90 Å². The zero-order valence-electron chi connectivity index (χ0n) is 21.5. The number of phenols is 1. The highest BCUT2D eigenvalue weighted by molar-refractivity contribution is 7.98. The lowest BCUT2D eigenvalue weighted by atomic mass is 10.1. The molecule has 0 saturated heterocycles. The number of fused-ring (bicyclic) bond motifs is 1. The van der Waals surface area contributed by atoms with Crippen LogP contribution >= 0.6 is 11.8 Å². The van der Waals surface area contributed by atoms with Crippen LogP contribution in [-0.4, -0.2) is 16.9 Å². The minimum Gasteiger partial charge on any atom is -0.508 e. The predicted octanol–water partition coefficient (Wildman–Crippen LogP) is 6.34. The molecular weight excluding hydrogens is 543 g/mol. The third kappa shape index (κ3) is 6.90. The lowest BCUT2D eigenvalue weighted by molar-refractivity contribution is -0.113. The van der Waals surface area contributed by atoms with Crippen molar-refractivity contribution in [2.24, 2.45) is 0 Å². The molecule has 0 aliphatic carbocycles. The molecule has 0 fully saturated rings. The summed E-state index contributed by atoms with van der Waals surface area (Å²) >= 11 is 1.37. The topological polar surface area (TPSA) is 109 Å². The Hall–Kier alpha value is -5.15. The molecule has 4 aromatic carbocycles. The molecule has 0 spiro atoms. The molecule has 0 radical (unpaired) electrons. The molecule has 41 heavy (non-hydrogen) atoms. The zero-order chi connectivity index (χ0) is 28.8. The molecule has 5 rings (SSSR count). The molecule has 0 aliphatic heterocycles. The van der Waals surface area contributed by atoms with Crippen LogP contribution in [0.2, 0.25) is 0 Å². The number of phenolic OH excluding ortho intramolecular Hbond substituents is 1. The third-order valence-corrected chi connectivity index (χ3v) is 7.05. The number of carbonyl (C=O) groups is 2. The number of hydrogen-bond donors (Lipinski definition) is 3. The van der Waals surface area contributed by atoms with Crippen molar-refractivity contribution in [1.29, 1.82) is 0 Å². The second-order valence-electron chi connectivity index (χ2n) is 8.95. The molecule has 204 valence electrons. The van der Waals surface area contributed by atoms with Gasteiger partial charge in [0.25, 0.3) is 11.8 Å². The van der Waals surface area contributed by atoms with Gasteiger partial charge in [0.2, 0.25) is 0 Å². The van der Waals surface area contributed by atoms with Crippen LogP contribution < -0.4 is 16.3 Å². The Balaban J connectivity index is 1.34. The highest BCUT2D eigenvalue weighted by atomic mass is 32.2. The van der Waals surface area contributed by atoms with Crippen molar-refractivity contribution in [1.82, 2.24) is 5.32 Å². The number of halogens is 1. The number of benzene rings is 4. The zero-order valence-corrected chi connectivity index (χ0v) is 22.3. The average molecular weight is 567 g/mol. The van der Waals surface area contributed by atoms with Crippen molar-refractivity contribution in [3.63, 3.8) is 0 Å². The van der Waals surface area contributed by atoms with Gasteiger partial charge in [0.15, 0.2) is 0 Å². The van der Waals surface area contributed by atoms with E-state index in [-0.39, 0.29) is 17.0 Å². The summed E-state index contributed by atoms with van der Waals surface area (Å²) in [5.74, 6) is -1.38. The molecule has 5 aromatic rings. The quantitative estimate of drug-likeness (QED) is 0.115. The predicted molar refractivity (Wildman–Crippen MR) is 157 cm³/mol. The maximum Gasteiger partial charge on any atom is 0.340 e. The summed E-state index contributed by atoms with van der Waals surface area (Å²) in [4.78, 5) is 39.3. The van der Waals surface area contributed by atoms with E-state index in [1.54, 1.807) is 66.7 Å². The number of aromatic hydroxyl groups is 1. The fourth-order valence-electron chi connectivity index (χ4n) is 3.96. The normalized spacial score (nSPS) is 11.3. The summed E-state index contributed by atoms with van der Waals surface area (Å²) in [5.41, 5.74) is 1.02. The van der Waals surface area contributed by atoms with Gasteiger partial charge in [-0.05, 0) is 60.7 Å². The molecule has 0 saturated carbocycles. The largest absolute Gasteiger partial charge is 0.508 e. The summed E-state index contributed by atoms with van der Waals surface area (Å²) in [7, 11) is 0. The number of thioether (sulfide) groups is 1. The molecule has 2 amide bonds. The van der Waals surface area contributed by atoms with Crippen LogP contribution in [0.4, 0.5) is 10.1 Å². The molecule has 0 unspecified atom stereocenters. The standard InChI is InChI=1S/C32H23FN2O5S/c33-27-12-5-4-9-21(27)16-28(35-30(37)20-7-2-1-3-8-20)31(38)34-24-10-6-11-26(17-24)41-19-23-15-22-13-14-25(36)18-29(22)40-32(23)39/h1-18,36H,19H2,(H,34,38)(H,35,37)/b28-16+. The Morgan fingerprint density at radius 1 is 0.902 bits per heavy atom. The van der Waals surface area contributed by atoms with E-state index in [1.165, 1.54) is 48.2 Å². The van der Waals surface area contributed by atoms with Crippen LogP contribution in [0.1, 0.15) is 21.5 Å². The smallest absolute Gasteiger partial charge is 0.340 e. The number of amides is 2. The first-order valence-electron chi connectivity index (χ1n) is 12.5. The van der Waals surface area contributed by atoms with Crippen LogP contribution in [0.5, 0.6) is 5.75 Å². The molecule has 0 bridgehead atoms. The molecule has 1 aromatic heterocycles. The third-order valence-electron chi connectivity index (χ3n) is 6.01. The summed E-state index contributed by atoms with van der Waals surface area (Å²) in [6.07, 6.45) is 1.28. The van der Waals surface area contributed by atoms with Gasteiger partial charge >= 0.3 is 5.63 Å². The highest BCUT2D eigenvalue weighted by Crippen LogP contribution is 2.27. The Morgan fingerprint density at radius 3 is 2.49 bits per heavy atom. The van der Waals surface area contributed by atoms with E-state index >= 15 is 0 Å². The number of hydrogen-bond acceptors (Lipinski definition) is 6. The van der Waals surface area contributed by atoms with Crippen molar-refractivity contribution in [3.05, 3.63) is 142 Å². The van der Waals surface area contributed by atoms with E-state index in [2.05, 4.69) is 10.6 Å². The Kier molecular flexibility index (Phi) is 8.26. The van der Waals surface area contributed by atoms with E-state index in [9.17, 15) is 23.9 Å². The van der Waals surface area contributed by atoms with Crippen LogP contribution in [-0.2, 0) is 10.5 Å². The molecule has 1 heterocycles. The van der Waals surface area contributed by atoms with Gasteiger partial charge in [-0.3, -0.25) is 9.59 Å². The van der Waals surface area contributed by atoms with E-state index in [1.807, 2.05) is 6.07 Å². The van der Waals surface area contributed by atoms with Crippen molar-refractivity contribution >= 4 is 46.3 Å². The second-order valence-corrected chi connectivity index (χ2v) is 10.0. The van der Waals surface area contributed by atoms with Gasteiger partial charge in [0, 0.05) is 44.5 Å². The van der Waals surface area contributed by atoms with E-state index in [0.29, 0.717) is 33.5 Å². The highest BCUT2D eigenvalue weighted by Gasteiger charge is 2.16. The maximum absolute atomic E-state index is 14.4. The monoisotopic (exact) mass is 566 g/mol. The van der Waals surface area contributed by atoms with Crippen molar-refractivity contribution < 1.29 is 23.5 Å². The minimum absolute atomic E-state index is 0.00757. The van der Waals surface area contributed by atoms with Crippen LogP contribution in [0.3, 0.4) is 0 Å². The van der Waals surface area contributed by atoms with Crippen molar-refractivity contribution in [2.75, 3.05) is 5.32 Å². The number of rotatable bonds is 8. The van der Waals surface area contributed by atoms with Crippen molar-refractivity contribution in [2.45, 2.75) is 10.6 Å². The summed E-state index contributed by atoms with van der Waals surface area (Å²) < 4.78 is 19.7. The minimum atomic E-state index is -0.641. The van der Waals surface area contributed by atoms with Crippen LogP contribution in [0.25, 0.3) is 17.0 Å². The fourth-order valence-corrected chi connectivity index (χ4v) is 4.86. The molecule has 9 heteroatoms. The van der Waals surface area contributed by atoms with E-state index in [4.69, 9.17) is 4.42 Å². The van der Waals surface area contributed by atoms with Gasteiger partial charge in [-0.15, -0.1) is 11.8 Å². The fraction of sp³-hybridized carbons (Fsp3) is 0.0312. The van der Waals surface area contributed by atoms with Gasteiger partial charge in [0.05, 0.1) is 0 Å². The van der Waals surface area contributed by atoms with Gasteiger partial charge in [0.1, 0.15) is 22.8 Å². The van der Waals surface area contributed by atoms with Crippen molar-refractivity contribution in [3.8, 4) is 5.75 Å². The average Bonchev–Trinajstić information content (AvgIpc) is 2.97. The Morgan fingerprint density at radius 2 is 1.68 bits per heavy atom. The Labute approximate surface area is 238 Å². The second kappa shape index (κ2) is 12.4. The lowest BCUT2D eigenvalue weighted by Crippen LogP contribution is -2.30. The summed E-state index contributed by atoms with van der Waals surface area (Å²) in [6, 6.07) is 27.6. The first-order valence-corrected chi connectivity index (χ1v) is 13.5. The van der Waals surface area contributed by atoms with Gasteiger partial charge in [-0.1, -0.05) is 42.5 Å². The molecule has 0 atom stereocenters. The Bertz CT molecular complexity index is 1840. The number of nitrogens with one attached hydrogen (secondary N) is 2. The molecule has 0 aliphatic rings. The first kappa shape index (κ1) is 27.4. The SMILES string of the molecule is O=C(Nc1cccc(SCc2cc3ccc(O)cc3oc2=O)c1)/C(=C\c1ccccc1F)NC(=O)c1ccccc1. The lowest BCUT2D eigenvalue weighted by Gasteiger charge is -2.12. The van der Waals surface area contributed by atoms with Gasteiger partial charge < -0.3 is 20.2 Å². The van der Waals surface area contributed by atoms with Gasteiger partial charge in [-0.25, -0.2) is 9.18 Å². The summed E-state index contributed by atoms with van der Waals surface area (Å²) in [6.45, 7) is 0. The number of anilines is 1. The molecule has 3 N–H and O–H groups in total. The summed E-state index contributed by atoms with van der Waals surface area (Å²) in [5, 5.41) is 15.6. The maximum atomic E-state index is 14.4. The van der Waals surface area contributed by atoms with Gasteiger partial charge in [-0.2, -0.15) is 0 Å². The van der Waals surface area contributed by atoms with Crippen LogP contribution in [0, 0.1) is 5.82 Å². The first-order chi connectivity index (χ1) is 19.9. The van der Waals surface area contributed by atoms with Crippen LogP contribution in [0.15, 0.2) is 123 Å². The molecule has 7 nitrogen and oxygen atoms in total.